The summed E-state index contributed by atoms with van der Waals surface area (Å²) in [6, 6.07) is 1.36. The Labute approximate surface area is 77.5 Å². The van der Waals surface area contributed by atoms with Crippen LogP contribution in [0.25, 0.3) is 0 Å². The number of hydrogen-bond acceptors (Lipinski definition) is 3. The molecule has 0 aromatic heterocycles. The normalized spacial score (nSPS) is 14.3. The Morgan fingerprint density at radius 1 is 1.62 bits per heavy atom. The molecule has 0 aliphatic heterocycles. The number of alkyl halides is 1. The average Bonchev–Trinajstić information content (AvgIpc) is 2.14. The second kappa shape index (κ2) is 5.52. The number of nitrogens with zero attached hydrogens (tertiary/aromatic N) is 1. The highest BCUT2D eigenvalue weighted by Crippen LogP contribution is 2.20. The molecule has 0 amide bonds. The van der Waals surface area contributed by atoms with Gasteiger partial charge in [0.25, 0.3) is 5.67 Å². The van der Waals surface area contributed by atoms with Crippen molar-refractivity contribution in [3.8, 4) is 6.07 Å². The maximum atomic E-state index is 13.5. The van der Waals surface area contributed by atoms with Crippen LogP contribution in [0.2, 0.25) is 0 Å². The number of ether oxygens (including phenoxy) is 1. The summed E-state index contributed by atoms with van der Waals surface area (Å²) >= 11 is 0. The van der Waals surface area contributed by atoms with Crippen LogP contribution < -0.4 is 0 Å². The lowest BCUT2D eigenvalue weighted by Crippen LogP contribution is -2.34. The number of hydrogen-bond donors (Lipinski definition) is 0. The fraction of sp³-hybridized carbons (Fsp3) is 0.778. The first-order valence-corrected chi connectivity index (χ1v) is 4.38. The van der Waals surface area contributed by atoms with Gasteiger partial charge in [-0.25, -0.2) is 9.18 Å². The monoisotopic (exact) mass is 187 g/mol. The Bertz CT molecular complexity index is 212. The number of nitriles is 1. The van der Waals surface area contributed by atoms with Crippen LogP contribution >= 0.6 is 0 Å². The number of esters is 1. The van der Waals surface area contributed by atoms with Crippen molar-refractivity contribution in [3.05, 3.63) is 0 Å². The van der Waals surface area contributed by atoms with Gasteiger partial charge in [0.05, 0.1) is 6.61 Å². The minimum Gasteiger partial charge on any atom is -0.463 e. The minimum absolute atomic E-state index is 0.0845. The number of halogens is 1. The smallest absolute Gasteiger partial charge is 0.358 e. The van der Waals surface area contributed by atoms with Crippen molar-refractivity contribution in [3.63, 3.8) is 0 Å². The van der Waals surface area contributed by atoms with E-state index >= 15 is 0 Å². The number of rotatable bonds is 5. The van der Waals surface area contributed by atoms with Gasteiger partial charge < -0.3 is 4.74 Å². The Kier molecular flexibility index (Phi) is 5.05. The second-order valence-corrected chi connectivity index (χ2v) is 2.74. The molecule has 0 N–H and O–H groups in total. The molecular weight excluding hydrogens is 173 g/mol. The van der Waals surface area contributed by atoms with E-state index in [4.69, 9.17) is 5.26 Å². The molecule has 3 nitrogen and oxygen atoms in total. The van der Waals surface area contributed by atoms with Crippen LogP contribution in [-0.2, 0) is 9.53 Å². The van der Waals surface area contributed by atoms with Gasteiger partial charge in [-0.1, -0.05) is 13.3 Å². The van der Waals surface area contributed by atoms with Crippen LogP contribution in [0.3, 0.4) is 0 Å². The zero-order chi connectivity index (χ0) is 10.3. The van der Waals surface area contributed by atoms with Crippen molar-refractivity contribution in [1.29, 1.82) is 5.26 Å². The SMILES string of the molecule is CCCC[C@](F)(C#N)C(=O)OCC. The molecule has 0 rings (SSSR count). The second-order valence-electron chi connectivity index (χ2n) is 2.74. The van der Waals surface area contributed by atoms with Crippen LogP contribution in [-0.4, -0.2) is 18.2 Å². The third kappa shape index (κ3) is 3.41. The van der Waals surface area contributed by atoms with Gasteiger partial charge in [0.2, 0.25) is 0 Å². The molecule has 0 aromatic carbocycles. The molecule has 0 saturated carbocycles. The molecule has 0 saturated heterocycles. The Hall–Kier alpha value is -1.11. The first-order chi connectivity index (χ1) is 6.10. The van der Waals surface area contributed by atoms with Crippen molar-refractivity contribution < 1.29 is 13.9 Å². The quantitative estimate of drug-likeness (QED) is 0.618. The van der Waals surface area contributed by atoms with Crippen molar-refractivity contribution in [2.24, 2.45) is 0 Å². The van der Waals surface area contributed by atoms with E-state index in [-0.39, 0.29) is 13.0 Å². The molecular formula is C9H14FNO2. The molecule has 0 aromatic rings. The van der Waals surface area contributed by atoms with E-state index in [0.29, 0.717) is 6.42 Å². The van der Waals surface area contributed by atoms with Gasteiger partial charge >= 0.3 is 5.97 Å². The lowest BCUT2D eigenvalue weighted by Gasteiger charge is -2.14. The highest BCUT2D eigenvalue weighted by Gasteiger charge is 2.39. The molecule has 1 atom stereocenters. The number of carbonyl (C=O) groups excluding carboxylic acids is 1. The molecule has 0 aliphatic carbocycles. The predicted molar refractivity (Wildman–Crippen MR) is 45.6 cm³/mol. The van der Waals surface area contributed by atoms with E-state index in [1.807, 2.05) is 6.92 Å². The maximum Gasteiger partial charge on any atom is 0.358 e. The predicted octanol–water partition coefficient (Wildman–Crippen LogP) is 1.97. The fourth-order valence-corrected chi connectivity index (χ4v) is 0.869. The van der Waals surface area contributed by atoms with Gasteiger partial charge in [-0.15, -0.1) is 0 Å². The molecule has 0 bridgehead atoms. The van der Waals surface area contributed by atoms with Crippen molar-refractivity contribution >= 4 is 5.97 Å². The maximum absolute atomic E-state index is 13.5. The Morgan fingerprint density at radius 2 is 2.23 bits per heavy atom. The van der Waals surface area contributed by atoms with Gasteiger partial charge in [-0.3, -0.25) is 0 Å². The summed E-state index contributed by atoms with van der Waals surface area (Å²) < 4.78 is 17.9. The number of carbonyl (C=O) groups is 1. The first-order valence-electron chi connectivity index (χ1n) is 4.38. The lowest BCUT2D eigenvalue weighted by atomic mass is 10.0. The molecule has 0 spiro atoms. The minimum atomic E-state index is -2.45. The zero-order valence-corrected chi connectivity index (χ0v) is 7.97. The number of unbranched alkanes of at least 4 members (excludes halogenated alkanes) is 1. The Morgan fingerprint density at radius 3 is 2.62 bits per heavy atom. The van der Waals surface area contributed by atoms with E-state index in [0.717, 1.165) is 6.42 Å². The summed E-state index contributed by atoms with van der Waals surface area (Å²) in [7, 11) is 0. The molecule has 4 heteroatoms. The third-order valence-electron chi connectivity index (χ3n) is 1.65. The van der Waals surface area contributed by atoms with Gasteiger partial charge in [-0.2, -0.15) is 5.26 Å². The molecule has 13 heavy (non-hydrogen) atoms. The summed E-state index contributed by atoms with van der Waals surface area (Å²) in [5.41, 5.74) is -2.45. The third-order valence-corrected chi connectivity index (χ3v) is 1.65. The Balaban J connectivity index is 4.27. The van der Waals surface area contributed by atoms with E-state index in [9.17, 15) is 9.18 Å². The van der Waals surface area contributed by atoms with Crippen LogP contribution in [0.1, 0.15) is 33.1 Å². The van der Waals surface area contributed by atoms with Gasteiger partial charge in [0.1, 0.15) is 6.07 Å². The van der Waals surface area contributed by atoms with Gasteiger partial charge in [0, 0.05) is 6.42 Å². The van der Waals surface area contributed by atoms with Crippen molar-refractivity contribution in [2.45, 2.75) is 38.8 Å². The molecule has 0 fully saturated rings. The summed E-state index contributed by atoms with van der Waals surface area (Å²) in [5, 5.41) is 8.48. The summed E-state index contributed by atoms with van der Waals surface area (Å²) in [4.78, 5) is 11.0. The fourth-order valence-electron chi connectivity index (χ4n) is 0.869. The van der Waals surface area contributed by atoms with Gasteiger partial charge in [-0.05, 0) is 13.3 Å². The first kappa shape index (κ1) is 11.9. The molecule has 0 aliphatic rings. The van der Waals surface area contributed by atoms with Crippen LogP contribution in [0.15, 0.2) is 0 Å². The topological polar surface area (TPSA) is 50.1 Å². The van der Waals surface area contributed by atoms with Crippen molar-refractivity contribution in [2.75, 3.05) is 6.61 Å². The average molecular weight is 187 g/mol. The van der Waals surface area contributed by atoms with E-state index in [1.54, 1.807) is 6.92 Å². The standard InChI is InChI=1S/C9H14FNO2/c1-3-5-6-9(10,7-11)8(12)13-4-2/h3-6H2,1-2H3/t9-/m0/s1. The summed E-state index contributed by atoms with van der Waals surface area (Å²) in [6.07, 6.45) is 1.16. The molecule has 0 heterocycles. The molecule has 0 radical (unpaired) electrons. The summed E-state index contributed by atoms with van der Waals surface area (Å²) in [6.45, 7) is 3.54. The van der Waals surface area contributed by atoms with E-state index < -0.39 is 11.6 Å². The largest absolute Gasteiger partial charge is 0.463 e. The zero-order valence-electron chi connectivity index (χ0n) is 7.97. The summed E-state index contributed by atoms with van der Waals surface area (Å²) in [5.74, 6) is -1.06. The highest BCUT2D eigenvalue weighted by molar-refractivity contribution is 5.82. The molecule has 0 unspecified atom stereocenters. The van der Waals surface area contributed by atoms with Gasteiger partial charge in [0.15, 0.2) is 0 Å². The molecule has 74 valence electrons. The highest BCUT2D eigenvalue weighted by atomic mass is 19.1. The van der Waals surface area contributed by atoms with Crippen LogP contribution in [0.5, 0.6) is 0 Å². The van der Waals surface area contributed by atoms with Crippen LogP contribution in [0.4, 0.5) is 4.39 Å². The van der Waals surface area contributed by atoms with E-state index in [1.165, 1.54) is 6.07 Å². The lowest BCUT2D eigenvalue weighted by molar-refractivity contribution is -0.153. The van der Waals surface area contributed by atoms with Crippen molar-refractivity contribution in [1.82, 2.24) is 0 Å². The van der Waals surface area contributed by atoms with Crippen LogP contribution in [0, 0.1) is 11.3 Å². The van der Waals surface area contributed by atoms with E-state index in [2.05, 4.69) is 4.74 Å².